The molecule has 0 bridgehead atoms. The van der Waals surface area contributed by atoms with E-state index >= 15 is 0 Å². The number of carbonyl (C=O) groups is 1. The van der Waals surface area contributed by atoms with Gasteiger partial charge in [-0.05, 0) is 62.4 Å². The molecule has 0 aliphatic carbocycles. The third-order valence-corrected chi connectivity index (χ3v) is 4.90. The first-order chi connectivity index (χ1) is 12.1. The average Bonchev–Trinajstić information content (AvgIpc) is 2.63. The van der Waals surface area contributed by atoms with E-state index in [2.05, 4.69) is 22.2 Å². The van der Waals surface area contributed by atoms with E-state index in [-0.39, 0.29) is 5.91 Å². The average molecular weight is 359 g/mol. The van der Waals surface area contributed by atoms with Crippen molar-refractivity contribution in [2.75, 3.05) is 11.9 Å². The number of nitrogens with zero attached hydrogens (tertiary/aromatic N) is 3. The van der Waals surface area contributed by atoms with Crippen molar-refractivity contribution in [1.29, 1.82) is 0 Å². The van der Waals surface area contributed by atoms with Crippen LogP contribution in [0.4, 0.5) is 11.6 Å². The lowest BCUT2D eigenvalue weighted by molar-refractivity contribution is 0.0602. The molecule has 1 aliphatic rings. The first-order valence-electron chi connectivity index (χ1n) is 8.75. The van der Waals surface area contributed by atoms with Crippen molar-refractivity contribution in [1.82, 2.24) is 14.9 Å². The summed E-state index contributed by atoms with van der Waals surface area (Å²) in [5.41, 5.74) is 2.30. The molecule has 0 radical (unpaired) electrons. The van der Waals surface area contributed by atoms with E-state index in [4.69, 9.17) is 11.6 Å². The van der Waals surface area contributed by atoms with Crippen LogP contribution in [0.1, 0.15) is 48.7 Å². The predicted molar refractivity (Wildman–Crippen MR) is 100 cm³/mol. The highest BCUT2D eigenvalue weighted by molar-refractivity contribution is 6.30. The standard InChI is InChI=1S/C19H23ClN4O/c1-3-15-6-4-5-11-24(15)18(25)17-9-10-21-19(23-17)22-16-8-7-14(20)12-13(16)2/h7-10,12,15H,3-6,11H2,1-2H3,(H,21,22,23). The van der Waals surface area contributed by atoms with E-state index in [1.54, 1.807) is 12.3 Å². The predicted octanol–water partition coefficient (Wildman–Crippen LogP) is 4.59. The van der Waals surface area contributed by atoms with Gasteiger partial charge in [0.05, 0.1) is 0 Å². The summed E-state index contributed by atoms with van der Waals surface area (Å²) in [6, 6.07) is 7.56. The van der Waals surface area contributed by atoms with Crippen LogP contribution in [-0.2, 0) is 0 Å². The van der Waals surface area contributed by atoms with Crippen LogP contribution in [0.2, 0.25) is 5.02 Å². The molecule has 1 saturated heterocycles. The SMILES string of the molecule is CCC1CCCCN1C(=O)c1ccnc(Nc2ccc(Cl)cc2C)n1. The summed E-state index contributed by atoms with van der Waals surface area (Å²) in [5, 5.41) is 3.86. The van der Waals surface area contributed by atoms with Gasteiger partial charge in [0.25, 0.3) is 5.91 Å². The molecule has 3 rings (SSSR count). The number of hydrogen-bond acceptors (Lipinski definition) is 4. The molecule has 1 atom stereocenters. The van der Waals surface area contributed by atoms with Crippen molar-refractivity contribution in [3.05, 3.63) is 46.7 Å². The number of benzene rings is 1. The van der Waals surface area contributed by atoms with Crippen molar-refractivity contribution in [2.45, 2.75) is 45.6 Å². The summed E-state index contributed by atoms with van der Waals surface area (Å²) in [4.78, 5) is 23.5. The third-order valence-electron chi connectivity index (χ3n) is 4.67. The number of likely N-dealkylation sites (tertiary alicyclic amines) is 1. The molecule has 1 amide bonds. The van der Waals surface area contributed by atoms with E-state index in [9.17, 15) is 4.79 Å². The highest BCUT2D eigenvalue weighted by Crippen LogP contribution is 2.23. The first-order valence-corrected chi connectivity index (χ1v) is 9.13. The number of piperidine rings is 1. The molecule has 1 aromatic heterocycles. The molecule has 1 aromatic carbocycles. The van der Waals surface area contributed by atoms with E-state index in [1.165, 1.54) is 6.42 Å². The van der Waals surface area contributed by atoms with Gasteiger partial charge in [-0.2, -0.15) is 0 Å². The van der Waals surface area contributed by atoms with Gasteiger partial charge in [-0.15, -0.1) is 0 Å². The number of aromatic nitrogens is 2. The normalized spacial score (nSPS) is 17.4. The fraction of sp³-hybridized carbons (Fsp3) is 0.421. The molecule has 25 heavy (non-hydrogen) atoms. The van der Waals surface area contributed by atoms with Gasteiger partial charge in [-0.1, -0.05) is 18.5 Å². The summed E-state index contributed by atoms with van der Waals surface area (Å²) in [6.45, 7) is 4.90. The Kier molecular flexibility index (Phi) is 5.53. The molecular weight excluding hydrogens is 336 g/mol. The van der Waals surface area contributed by atoms with Crippen LogP contribution in [0.3, 0.4) is 0 Å². The molecular formula is C19H23ClN4O. The van der Waals surface area contributed by atoms with Gasteiger partial charge in [-0.3, -0.25) is 4.79 Å². The second-order valence-corrected chi connectivity index (χ2v) is 6.84. The Balaban J connectivity index is 1.80. The zero-order valence-electron chi connectivity index (χ0n) is 14.6. The minimum Gasteiger partial charge on any atom is -0.334 e. The molecule has 6 heteroatoms. The molecule has 1 fully saturated rings. The maximum atomic E-state index is 12.9. The van der Waals surface area contributed by atoms with Crippen molar-refractivity contribution in [3.8, 4) is 0 Å². The molecule has 2 aromatic rings. The van der Waals surface area contributed by atoms with Gasteiger partial charge in [0, 0.05) is 29.5 Å². The van der Waals surface area contributed by atoms with E-state index < -0.39 is 0 Å². The van der Waals surface area contributed by atoms with Crippen LogP contribution in [0.25, 0.3) is 0 Å². The number of halogens is 1. The molecule has 1 aliphatic heterocycles. The zero-order valence-corrected chi connectivity index (χ0v) is 15.4. The highest BCUT2D eigenvalue weighted by Gasteiger charge is 2.27. The number of amides is 1. The molecule has 0 saturated carbocycles. The summed E-state index contributed by atoms with van der Waals surface area (Å²) >= 11 is 5.99. The maximum absolute atomic E-state index is 12.9. The van der Waals surface area contributed by atoms with Gasteiger partial charge in [-0.25, -0.2) is 9.97 Å². The van der Waals surface area contributed by atoms with E-state index in [1.807, 2.05) is 30.0 Å². The Morgan fingerprint density at radius 1 is 1.36 bits per heavy atom. The summed E-state index contributed by atoms with van der Waals surface area (Å²) in [5.74, 6) is 0.408. The lowest BCUT2D eigenvalue weighted by Gasteiger charge is -2.35. The molecule has 2 heterocycles. The zero-order chi connectivity index (χ0) is 17.8. The quantitative estimate of drug-likeness (QED) is 0.868. The minimum atomic E-state index is -0.00942. The number of rotatable bonds is 4. The summed E-state index contributed by atoms with van der Waals surface area (Å²) in [6.07, 6.45) is 5.92. The Bertz CT molecular complexity index is 765. The minimum absolute atomic E-state index is 0.00942. The van der Waals surface area contributed by atoms with Crippen LogP contribution in [0.5, 0.6) is 0 Å². The van der Waals surface area contributed by atoms with Crippen LogP contribution >= 0.6 is 11.6 Å². The Labute approximate surface area is 153 Å². The van der Waals surface area contributed by atoms with Crippen LogP contribution in [0.15, 0.2) is 30.5 Å². The lowest BCUT2D eigenvalue weighted by Crippen LogP contribution is -2.43. The van der Waals surface area contributed by atoms with Crippen molar-refractivity contribution >= 4 is 29.1 Å². The van der Waals surface area contributed by atoms with Crippen molar-refractivity contribution in [2.24, 2.45) is 0 Å². The molecule has 1 unspecified atom stereocenters. The fourth-order valence-electron chi connectivity index (χ4n) is 3.27. The smallest absolute Gasteiger partial charge is 0.272 e. The van der Waals surface area contributed by atoms with E-state index in [0.717, 1.165) is 37.1 Å². The fourth-order valence-corrected chi connectivity index (χ4v) is 3.49. The van der Waals surface area contributed by atoms with Gasteiger partial charge in [0.1, 0.15) is 5.69 Å². The Hall–Kier alpha value is -2.14. The molecule has 132 valence electrons. The molecule has 0 spiro atoms. The van der Waals surface area contributed by atoms with Crippen LogP contribution in [-0.4, -0.2) is 33.4 Å². The van der Waals surface area contributed by atoms with Crippen LogP contribution < -0.4 is 5.32 Å². The summed E-state index contributed by atoms with van der Waals surface area (Å²) in [7, 11) is 0. The van der Waals surface area contributed by atoms with Gasteiger partial charge < -0.3 is 10.2 Å². The Morgan fingerprint density at radius 2 is 2.20 bits per heavy atom. The van der Waals surface area contributed by atoms with Gasteiger partial charge in [0.2, 0.25) is 5.95 Å². The number of anilines is 2. The number of carbonyl (C=O) groups excluding carboxylic acids is 1. The number of hydrogen-bond donors (Lipinski definition) is 1. The first kappa shape index (κ1) is 17.7. The molecule has 1 N–H and O–H groups in total. The number of nitrogens with one attached hydrogen (secondary N) is 1. The lowest BCUT2D eigenvalue weighted by atomic mass is 9.99. The van der Waals surface area contributed by atoms with Crippen LogP contribution in [0, 0.1) is 6.92 Å². The highest BCUT2D eigenvalue weighted by atomic mass is 35.5. The monoisotopic (exact) mass is 358 g/mol. The Morgan fingerprint density at radius 3 is 2.96 bits per heavy atom. The third kappa shape index (κ3) is 4.10. The van der Waals surface area contributed by atoms with Gasteiger partial charge in [0.15, 0.2) is 0 Å². The van der Waals surface area contributed by atoms with Crippen molar-refractivity contribution < 1.29 is 4.79 Å². The topological polar surface area (TPSA) is 58.1 Å². The second kappa shape index (κ2) is 7.83. The van der Waals surface area contributed by atoms with Gasteiger partial charge >= 0.3 is 0 Å². The van der Waals surface area contributed by atoms with Crippen molar-refractivity contribution in [3.63, 3.8) is 0 Å². The maximum Gasteiger partial charge on any atom is 0.272 e. The second-order valence-electron chi connectivity index (χ2n) is 6.41. The number of aryl methyl sites for hydroxylation is 1. The molecule has 5 nitrogen and oxygen atoms in total. The largest absolute Gasteiger partial charge is 0.334 e. The summed E-state index contributed by atoms with van der Waals surface area (Å²) < 4.78 is 0. The van der Waals surface area contributed by atoms with E-state index in [0.29, 0.717) is 22.7 Å².